The van der Waals surface area contributed by atoms with E-state index in [1.165, 1.54) is 0 Å². The molecule has 1 N–H and O–H groups in total. The summed E-state index contributed by atoms with van der Waals surface area (Å²) in [6.45, 7) is 1.95. The van der Waals surface area contributed by atoms with E-state index in [0.29, 0.717) is 25.5 Å². The van der Waals surface area contributed by atoms with Crippen LogP contribution in [0.25, 0.3) is 22.3 Å². The topological polar surface area (TPSA) is 58.5 Å². The van der Waals surface area contributed by atoms with Crippen molar-refractivity contribution in [2.75, 3.05) is 24.7 Å². The monoisotopic (exact) mass is 417 g/mol. The number of benzene rings is 2. The molecule has 2 aromatic carbocycles. The summed E-state index contributed by atoms with van der Waals surface area (Å²) in [5.74, 6) is 1.62. The fourth-order valence-electron chi connectivity index (χ4n) is 3.98. The number of rotatable bonds is 5. The van der Waals surface area contributed by atoms with Crippen LogP contribution in [-0.4, -0.2) is 40.9 Å². The molecule has 1 aliphatic rings. The number of fused-ring (bicyclic) bond motifs is 1. The minimum atomic E-state index is -0.513. The molecule has 1 saturated heterocycles. The van der Waals surface area contributed by atoms with Gasteiger partial charge in [-0.05, 0) is 23.6 Å². The second-order valence-electron chi connectivity index (χ2n) is 7.44. The van der Waals surface area contributed by atoms with Crippen LogP contribution in [0.15, 0.2) is 72.1 Å². The number of morpholine rings is 1. The fourth-order valence-corrected chi connectivity index (χ4v) is 4.70. The van der Waals surface area contributed by atoms with Gasteiger partial charge in [-0.2, -0.15) is 0 Å². The molecule has 2 atom stereocenters. The van der Waals surface area contributed by atoms with Gasteiger partial charge in [0, 0.05) is 28.8 Å². The molecule has 0 spiro atoms. The number of para-hydroxylation sites is 1. The molecule has 4 aromatic rings. The van der Waals surface area contributed by atoms with E-state index in [1.807, 2.05) is 66.0 Å². The molecule has 1 fully saturated rings. The van der Waals surface area contributed by atoms with Crippen molar-refractivity contribution in [3.8, 4) is 11.4 Å². The predicted octanol–water partition coefficient (Wildman–Crippen LogP) is 4.69. The van der Waals surface area contributed by atoms with Crippen LogP contribution >= 0.6 is 11.3 Å². The van der Waals surface area contributed by atoms with E-state index in [1.54, 1.807) is 11.3 Å². The Morgan fingerprint density at radius 3 is 2.70 bits per heavy atom. The molecule has 0 aliphatic carbocycles. The Morgan fingerprint density at radius 1 is 1.03 bits per heavy atom. The van der Waals surface area contributed by atoms with E-state index >= 15 is 0 Å². The lowest BCUT2D eigenvalue weighted by Gasteiger charge is -2.38. The summed E-state index contributed by atoms with van der Waals surface area (Å²) in [5.41, 5.74) is 1.92. The average Bonchev–Trinajstić information content (AvgIpc) is 3.35. The number of ether oxygens (including phenoxy) is 1. The molecule has 0 amide bonds. The Balaban J connectivity index is 1.55. The lowest BCUT2D eigenvalue weighted by molar-refractivity contribution is 0.0686. The number of thiophene rings is 1. The second kappa shape index (κ2) is 8.52. The first-order valence-electron chi connectivity index (χ1n) is 10.2. The minimum absolute atomic E-state index is 0.0396. The van der Waals surface area contributed by atoms with E-state index < -0.39 is 6.10 Å². The highest BCUT2D eigenvalue weighted by Gasteiger charge is 2.29. The van der Waals surface area contributed by atoms with Gasteiger partial charge >= 0.3 is 0 Å². The lowest BCUT2D eigenvalue weighted by Crippen LogP contribution is -2.46. The maximum atomic E-state index is 10.8. The van der Waals surface area contributed by atoms with Crippen LogP contribution in [0.1, 0.15) is 17.4 Å². The lowest BCUT2D eigenvalue weighted by atomic mass is 10.0. The largest absolute Gasteiger partial charge is 0.387 e. The SMILES string of the molecule is OC(CC1COCCN1c1nc(-c2ccccc2)nc2ccccc12)c1cccs1. The number of aliphatic hydroxyl groups is 1. The Kier molecular flexibility index (Phi) is 5.45. The van der Waals surface area contributed by atoms with Crippen molar-refractivity contribution in [2.24, 2.45) is 0 Å². The van der Waals surface area contributed by atoms with Crippen LogP contribution < -0.4 is 4.90 Å². The van der Waals surface area contributed by atoms with Crippen molar-refractivity contribution in [1.82, 2.24) is 9.97 Å². The third-order valence-corrected chi connectivity index (χ3v) is 6.46. The molecule has 1 aliphatic heterocycles. The number of hydrogen-bond donors (Lipinski definition) is 1. The quantitative estimate of drug-likeness (QED) is 0.511. The summed E-state index contributed by atoms with van der Waals surface area (Å²) in [7, 11) is 0. The highest BCUT2D eigenvalue weighted by molar-refractivity contribution is 7.10. The van der Waals surface area contributed by atoms with E-state index in [0.717, 1.165) is 33.7 Å². The molecular weight excluding hydrogens is 394 g/mol. The molecular formula is C24H23N3O2S. The summed E-state index contributed by atoms with van der Waals surface area (Å²) in [4.78, 5) is 13.1. The maximum Gasteiger partial charge on any atom is 0.162 e. The first kappa shape index (κ1) is 19.2. The first-order valence-corrected chi connectivity index (χ1v) is 11.1. The summed E-state index contributed by atoms with van der Waals surface area (Å²) >= 11 is 1.58. The van der Waals surface area contributed by atoms with E-state index in [4.69, 9.17) is 14.7 Å². The Bertz CT molecular complexity index is 1120. The Morgan fingerprint density at radius 2 is 1.87 bits per heavy atom. The zero-order chi connectivity index (χ0) is 20.3. The average molecular weight is 418 g/mol. The van der Waals surface area contributed by atoms with Gasteiger partial charge in [-0.25, -0.2) is 9.97 Å². The van der Waals surface area contributed by atoms with Gasteiger partial charge < -0.3 is 14.7 Å². The van der Waals surface area contributed by atoms with Crippen LogP contribution in [0, 0.1) is 0 Å². The number of aromatic nitrogens is 2. The normalized spacial score (nSPS) is 17.9. The zero-order valence-electron chi connectivity index (χ0n) is 16.5. The molecule has 0 bridgehead atoms. The van der Waals surface area contributed by atoms with Gasteiger partial charge in [0.25, 0.3) is 0 Å². The van der Waals surface area contributed by atoms with Gasteiger partial charge in [0.05, 0.1) is 30.9 Å². The first-order chi connectivity index (χ1) is 14.8. The molecule has 2 aromatic heterocycles. The summed E-state index contributed by atoms with van der Waals surface area (Å²) < 4.78 is 5.79. The highest BCUT2D eigenvalue weighted by atomic mass is 32.1. The second-order valence-corrected chi connectivity index (χ2v) is 8.42. The van der Waals surface area contributed by atoms with Gasteiger partial charge in [-0.15, -0.1) is 11.3 Å². The number of hydrogen-bond acceptors (Lipinski definition) is 6. The molecule has 3 heterocycles. The fraction of sp³-hybridized carbons (Fsp3) is 0.250. The molecule has 5 nitrogen and oxygen atoms in total. The number of anilines is 1. The maximum absolute atomic E-state index is 10.8. The van der Waals surface area contributed by atoms with E-state index in [2.05, 4.69) is 11.0 Å². The van der Waals surface area contributed by atoms with Crippen molar-refractivity contribution in [2.45, 2.75) is 18.6 Å². The van der Waals surface area contributed by atoms with Gasteiger partial charge in [-0.1, -0.05) is 48.5 Å². The number of aliphatic hydroxyl groups excluding tert-OH is 1. The minimum Gasteiger partial charge on any atom is -0.387 e. The Hall–Kier alpha value is -2.80. The highest BCUT2D eigenvalue weighted by Crippen LogP contribution is 2.32. The van der Waals surface area contributed by atoms with Gasteiger partial charge in [0.15, 0.2) is 5.82 Å². The van der Waals surface area contributed by atoms with Crippen molar-refractivity contribution in [3.63, 3.8) is 0 Å². The predicted molar refractivity (Wildman–Crippen MR) is 121 cm³/mol. The number of nitrogens with zero attached hydrogens (tertiary/aromatic N) is 3. The van der Waals surface area contributed by atoms with Crippen molar-refractivity contribution in [3.05, 3.63) is 77.0 Å². The Labute approximate surface area is 179 Å². The molecule has 0 saturated carbocycles. The van der Waals surface area contributed by atoms with Crippen molar-refractivity contribution < 1.29 is 9.84 Å². The molecule has 30 heavy (non-hydrogen) atoms. The molecule has 0 radical (unpaired) electrons. The van der Waals surface area contributed by atoms with Crippen molar-refractivity contribution in [1.29, 1.82) is 0 Å². The van der Waals surface area contributed by atoms with Crippen molar-refractivity contribution >= 4 is 28.1 Å². The molecule has 5 rings (SSSR count). The summed E-state index contributed by atoms with van der Waals surface area (Å²) in [6.07, 6.45) is 0.0837. The summed E-state index contributed by atoms with van der Waals surface area (Å²) in [6, 6.07) is 22.2. The van der Waals surface area contributed by atoms with Gasteiger partial charge in [0.2, 0.25) is 0 Å². The van der Waals surface area contributed by atoms with Crippen LogP contribution in [0.4, 0.5) is 5.82 Å². The van der Waals surface area contributed by atoms with E-state index in [9.17, 15) is 5.11 Å². The molecule has 2 unspecified atom stereocenters. The third-order valence-electron chi connectivity index (χ3n) is 5.48. The molecule has 152 valence electrons. The smallest absolute Gasteiger partial charge is 0.162 e. The zero-order valence-corrected chi connectivity index (χ0v) is 17.3. The van der Waals surface area contributed by atoms with Crippen LogP contribution in [0.5, 0.6) is 0 Å². The molecule has 6 heteroatoms. The van der Waals surface area contributed by atoms with E-state index in [-0.39, 0.29) is 6.04 Å². The summed E-state index contributed by atoms with van der Waals surface area (Å²) in [5, 5.41) is 13.8. The third kappa shape index (κ3) is 3.81. The van der Waals surface area contributed by atoms with Crippen LogP contribution in [0.2, 0.25) is 0 Å². The standard InChI is InChI=1S/C24H23N3O2S/c28-21(22-11-6-14-30-22)15-18-16-29-13-12-27(18)24-19-9-4-5-10-20(19)25-23(26-24)17-7-2-1-3-8-17/h1-11,14,18,21,28H,12-13,15-16H2. The van der Waals surface area contributed by atoms with Crippen LogP contribution in [-0.2, 0) is 4.74 Å². The van der Waals surface area contributed by atoms with Gasteiger partial charge in [0.1, 0.15) is 5.82 Å². The van der Waals surface area contributed by atoms with Crippen LogP contribution in [0.3, 0.4) is 0 Å². The van der Waals surface area contributed by atoms with Gasteiger partial charge in [-0.3, -0.25) is 0 Å².